The number of carbonyl (C=O) groups is 1. The van der Waals surface area contributed by atoms with Gasteiger partial charge in [0.25, 0.3) is 0 Å². The monoisotopic (exact) mass is 338 g/mol. The van der Waals surface area contributed by atoms with Gasteiger partial charge in [-0.1, -0.05) is 41.9 Å². The van der Waals surface area contributed by atoms with E-state index in [0.29, 0.717) is 19.0 Å². The maximum atomic E-state index is 12.0. The van der Waals surface area contributed by atoms with Gasteiger partial charge in [0, 0.05) is 17.1 Å². The number of amides is 1. The van der Waals surface area contributed by atoms with E-state index in [9.17, 15) is 4.79 Å². The van der Waals surface area contributed by atoms with Crippen LogP contribution in [0.5, 0.6) is 0 Å². The Bertz CT molecular complexity index is 473. The van der Waals surface area contributed by atoms with E-state index >= 15 is 0 Å². The Morgan fingerprint density at radius 1 is 1.50 bits per heavy atom. The molecule has 1 aromatic carbocycles. The lowest BCUT2D eigenvalue weighted by molar-refractivity contribution is -0.120. The molecule has 1 aliphatic heterocycles. The SMILES string of the molecule is CC1(C)CCCNC1CNC(=O)Cc1cccc(Br)c1. The fraction of sp³-hybridized carbons (Fsp3) is 0.562. The van der Waals surface area contributed by atoms with Gasteiger partial charge in [-0.25, -0.2) is 0 Å². The van der Waals surface area contributed by atoms with Gasteiger partial charge >= 0.3 is 0 Å². The second-order valence-electron chi connectivity index (χ2n) is 6.21. The molecule has 0 radical (unpaired) electrons. The highest BCUT2D eigenvalue weighted by Crippen LogP contribution is 2.29. The molecule has 4 heteroatoms. The van der Waals surface area contributed by atoms with Crippen molar-refractivity contribution in [3.63, 3.8) is 0 Å². The Morgan fingerprint density at radius 3 is 3.00 bits per heavy atom. The van der Waals surface area contributed by atoms with Crippen LogP contribution in [0.3, 0.4) is 0 Å². The summed E-state index contributed by atoms with van der Waals surface area (Å²) in [5.41, 5.74) is 1.29. The van der Waals surface area contributed by atoms with E-state index in [1.807, 2.05) is 24.3 Å². The van der Waals surface area contributed by atoms with Gasteiger partial charge in [-0.15, -0.1) is 0 Å². The first-order valence-corrected chi connectivity index (χ1v) is 8.01. The molecule has 0 aromatic heterocycles. The third-order valence-corrected chi connectivity index (χ3v) is 4.58. The summed E-state index contributed by atoms with van der Waals surface area (Å²) >= 11 is 3.43. The highest BCUT2D eigenvalue weighted by atomic mass is 79.9. The number of benzene rings is 1. The van der Waals surface area contributed by atoms with Gasteiger partial charge < -0.3 is 10.6 Å². The summed E-state index contributed by atoms with van der Waals surface area (Å²) in [5, 5.41) is 6.57. The predicted octanol–water partition coefficient (Wildman–Crippen LogP) is 2.89. The Labute approximate surface area is 129 Å². The molecule has 20 heavy (non-hydrogen) atoms. The van der Waals surface area contributed by atoms with E-state index in [4.69, 9.17) is 0 Å². The Kier molecular flexibility index (Phi) is 5.22. The third kappa shape index (κ3) is 4.32. The van der Waals surface area contributed by atoms with Crippen LogP contribution < -0.4 is 10.6 Å². The molecule has 0 aliphatic carbocycles. The van der Waals surface area contributed by atoms with Gasteiger partial charge in [0.2, 0.25) is 5.91 Å². The summed E-state index contributed by atoms with van der Waals surface area (Å²) in [6.07, 6.45) is 2.87. The maximum Gasteiger partial charge on any atom is 0.224 e. The van der Waals surface area contributed by atoms with E-state index in [1.165, 1.54) is 12.8 Å². The average molecular weight is 339 g/mol. The first kappa shape index (κ1) is 15.5. The molecule has 0 bridgehead atoms. The quantitative estimate of drug-likeness (QED) is 0.886. The van der Waals surface area contributed by atoms with Gasteiger partial charge in [0.05, 0.1) is 6.42 Å². The minimum atomic E-state index is 0.0891. The highest BCUT2D eigenvalue weighted by molar-refractivity contribution is 9.10. The predicted molar refractivity (Wildman–Crippen MR) is 85.7 cm³/mol. The van der Waals surface area contributed by atoms with Crippen LogP contribution in [0, 0.1) is 5.41 Å². The Morgan fingerprint density at radius 2 is 2.30 bits per heavy atom. The molecule has 110 valence electrons. The van der Waals surface area contributed by atoms with Crippen LogP contribution in [-0.4, -0.2) is 25.0 Å². The summed E-state index contributed by atoms with van der Waals surface area (Å²) in [5.74, 6) is 0.0891. The summed E-state index contributed by atoms with van der Waals surface area (Å²) < 4.78 is 1.01. The van der Waals surface area contributed by atoms with Crippen molar-refractivity contribution in [1.82, 2.24) is 10.6 Å². The van der Waals surface area contributed by atoms with E-state index < -0.39 is 0 Å². The van der Waals surface area contributed by atoms with Crippen LogP contribution >= 0.6 is 15.9 Å². The molecule has 1 heterocycles. The minimum absolute atomic E-state index is 0.0891. The van der Waals surface area contributed by atoms with Crippen LogP contribution in [0.25, 0.3) is 0 Å². The Balaban J connectivity index is 1.83. The highest BCUT2D eigenvalue weighted by Gasteiger charge is 2.31. The number of hydrogen-bond acceptors (Lipinski definition) is 2. The summed E-state index contributed by atoms with van der Waals surface area (Å²) in [6.45, 7) is 6.30. The van der Waals surface area contributed by atoms with Crippen molar-refractivity contribution < 1.29 is 4.79 Å². The van der Waals surface area contributed by atoms with Gasteiger partial charge in [0.15, 0.2) is 0 Å². The van der Waals surface area contributed by atoms with E-state index in [1.54, 1.807) is 0 Å². The fourth-order valence-corrected chi connectivity index (χ4v) is 3.18. The van der Waals surface area contributed by atoms with E-state index in [2.05, 4.69) is 40.4 Å². The molecule has 1 saturated heterocycles. The molecule has 2 N–H and O–H groups in total. The zero-order chi connectivity index (χ0) is 14.6. The smallest absolute Gasteiger partial charge is 0.224 e. The van der Waals surface area contributed by atoms with Gasteiger partial charge in [-0.3, -0.25) is 4.79 Å². The van der Waals surface area contributed by atoms with Crippen molar-refractivity contribution in [2.24, 2.45) is 5.41 Å². The molecule has 1 fully saturated rings. The molecule has 1 aliphatic rings. The lowest BCUT2D eigenvalue weighted by atomic mass is 9.77. The van der Waals surface area contributed by atoms with E-state index in [0.717, 1.165) is 16.6 Å². The number of hydrogen-bond donors (Lipinski definition) is 2. The first-order valence-electron chi connectivity index (χ1n) is 7.22. The van der Waals surface area contributed by atoms with Crippen molar-refractivity contribution in [1.29, 1.82) is 0 Å². The Hall–Kier alpha value is -0.870. The van der Waals surface area contributed by atoms with Crippen molar-refractivity contribution in [2.75, 3.05) is 13.1 Å². The van der Waals surface area contributed by atoms with Gasteiger partial charge in [-0.05, 0) is 42.5 Å². The standard InChI is InChI=1S/C16H23BrN2O/c1-16(2)7-4-8-18-14(16)11-19-15(20)10-12-5-3-6-13(17)9-12/h3,5-6,9,14,18H,4,7-8,10-11H2,1-2H3,(H,19,20). The topological polar surface area (TPSA) is 41.1 Å². The molecule has 1 aromatic rings. The molecule has 1 amide bonds. The lowest BCUT2D eigenvalue weighted by Gasteiger charge is -2.39. The third-order valence-electron chi connectivity index (χ3n) is 4.09. The zero-order valence-corrected chi connectivity index (χ0v) is 13.8. The minimum Gasteiger partial charge on any atom is -0.354 e. The van der Waals surface area contributed by atoms with Crippen molar-refractivity contribution >= 4 is 21.8 Å². The fourth-order valence-electron chi connectivity index (χ4n) is 2.73. The number of nitrogens with one attached hydrogen (secondary N) is 2. The molecule has 2 rings (SSSR count). The van der Waals surface area contributed by atoms with Gasteiger partial charge in [-0.2, -0.15) is 0 Å². The second kappa shape index (κ2) is 6.72. The van der Waals surface area contributed by atoms with E-state index in [-0.39, 0.29) is 11.3 Å². The lowest BCUT2D eigenvalue weighted by Crippen LogP contribution is -2.52. The molecule has 0 spiro atoms. The van der Waals surface area contributed by atoms with Crippen LogP contribution in [0.1, 0.15) is 32.3 Å². The van der Waals surface area contributed by atoms with Crippen LogP contribution in [0.15, 0.2) is 28.7 Å². The van der Waals surface area contributed by atoms with Crippen molar-refractivity contribution in [3.05, 3.63) is 34.3 Å². The van der Waals surface area contributed by atoms with Crippen LogP contribution in [-0.2, 0) is 11.2 Å². The van der Waals surface area contributed by atoms with Crippen LogP contribution in [0.4, 0.5) is 0 Å². The first-order chi connectivity index (χ1) is 9.47. The molecule has 1 unspecified atom stereocenters. The largest absolute Gasteiger partial charge is 0.354 e. The van der Waals surface area contributed by atoms with Crippen molar-refractivity contribution in [3.8, 4) is 0 Å². The second-order valence-corrected chi connectivity index (χ2v) is 7.13. The number of rotatable bonds is 4. The molecule has 1 atom stereocenters. The molecular formula is C16H23BrN2O. The molecule has 0 saturated carbocycles. The summed E-state index contributed by atoms with van der Waals surface area (Å²) in [4.78, 5) is 12.0. The molecule has 3 nitrogen and oxygen atoms in total. The average Bonchev–Trinajstić information content (AvgIpc) is 2.37. The van der Waals surface area contributed by atoms with Crippen LogP contribution in [0.2, 0.25) is 0 Å². The molecular weight excluding hydrogens is 316 g/mol. The van der Waals surface area contributed by atoms with Gasteiger partial charge in [0.1, 0.15) is 0 Å². The normalized spacial score (nSPS) is 21.4. The maximum absolute atomic E-state index is 12.0. The number of carbonyl (C=O) groups excluding carboxylic acids is 1. The van der Waals surface area contributed by atoms with Crippen molar-refractivity contribution in [2.45, 2.75) is 39.2 Å². The number of halogens is 1. The number of piperidine rings is 1. The summed E-state index contributed by atoms with van der Waals surface area (Å²) in [6, 6.07) is 8.26. The zero-order valence-electron chi connectivity index (χ0n) is 12.2. The summed E-state index contributed by atoms with van der Waals surface area (Å²) in [7, 11) is 0.